The first-order valence-corrected chi connectivity index (χ1v) is 5.85. The van der Waals surface area contributed by atoms with E-state index in [1.54, 1.807) is 0 Å². The van der Waals surface area contributed by atoms with Crippen molar-refractivity contribution in [2.24, 2.45) is 0 Å². The van der Waals surface area contributed by atoms with Gasteiger partial charge >= 0.3 is 0 Å². The van der Waals surface area contributed by atoms with Crippen LogP contribution in [0.3, 0.4) is 0 Å². The molecule has 4 heteroatoms. The zero-order valence-electron chi connectivity index (χ0n) is 9.47. The molecule has 1 unspecified atom stereocenters. The maximum atomic E-state index is 13.0. The van der Waals surface area contributed by atoms with E-state index in [9.17, 15) is 8.78 Å². The second-order valence-corrected chi connectivity index (χ2v) is 5.16. The molecule has 2 nitrogen and oxygen atoms in total. The molecule has 0 amide bonds. The fourth-order valence-electron chi connectivity index (χ4n) is 2.37. The summed E-state index contributed by atoms with van der Waals surface area (Å²) >= 11 is 0. The van der Waals surface area contributed by atoms with Crippen LogP contribution in [0.25, 0.3) is 0 Å². The van der Waals surface area contributed by atoms with Crippen molar-refractivity contribution < 1.29 is 8.78 Å². The van der Waals surface area contributed by atoms with Gasteiger partial charge in [-0.15, -0.1) is 0 Å². The number of halogens is 2. The summed E-state index contributed by atoms with van der Waals surface area (Å²) in [6, 6.07) is 1.09. The molecule has 1 aliphatic heterocycles. The van der Waals surface area contributed by atoms with Gasteiger partial charge in [-0.2, -0.15) is 0 Å². The molecule has 2 aliphatic rings. The van der Waals surface area contributed by atoms with Gasteiger partial charge in [-0.1, -0.05) is 0 Å². The second-order valence-electron chi connectivity index (χ2n) is 5.16. The molecule has 0 radical (unpaired) electrons. The Morgan fingerprint density at radius 2 is 2.07 bits per heavy atom. The van der Waals surface area contributed by atoms with E-state index >= 15 is 0 Å². The Morgan fingerprint density at radius 1 is 1.40 bits per heavy atom. The maximum Gasteiger partial charge on any atom is 0.261 e. The Morgan fingerprint density at radius 3 is 2.47 bits per heavy atom. The second kappa shape index (κ2) is 3.98. The smallest absolute Gasteiger partial charge is 0.261 e. The summed E-state index contributed by atoms with van der Waals surface area (Å²) in [6.07, 6.45) is 2.48. The van der Waals surface area contributed by atoms with Gasteiger partial charge in [0.2, 0.25) is 0 Å². The Kier molecular flexibility index (Phi) is 2.99. The topological polar surface area (TPSA) is 15.3 Å². The SMILES string of the molecule is CC(C)N(CC1CC(F)(F)CN1)C1CC1. The summed E-state index contributed by atoms with van der Waals surface area (Å²) in [6.45, 7) is 4.92. The maximum absolute atomic E-state index is 13.0. The van der Waals surface area contributed by atoms with Crippen LogP contribution in [0.2, 0.25) is 0 Å². The number of alkyl halides is 2. The molecule has 0 bridgehead atoms. The largest absolute Gasteiger partial charge is 0.307 e. The molecule has 1 aliphatic carbocycles. The molecule has 2 fully saturated rings. The monoisotopic (exact) mass is 218 g/mol. The molecule has 1 atom stereocenters. The minimum absolute atomic E-state index is 0.00292. The lowest BCUT2D eigenvalue weighted by Crippen LogP contribution is -2.42. The van der Waals surface area contributed by atoms with Crippen LogP contribution in [-0.4, -0.2) is 42.0 Å². The van der Waals surface area contributed by atoms with Crippen molar-refractivity contribution >= 4 is 0 Å². The highest BCUT2D eigenvalue weighted by Crippen LogP contribution is 2.31. The Bertz CT molecular complexity index is 225. The summed E-state index contributed by atoms with van der Waals surface area (Å²) in [7, 11) is 0. The van der Waals surface area contributed by atoms with Gasteiger partial charge in [0.15, 0.2) is 0 Å². The molecule has 0 aromatic heterocycles. The van der Waals surface area contributed by atoms with Gasteiger partial charge in [0.25, 0.3) is 5.92 Å². The van der Waals surface area contributed by atoms with Gasteiger partial charge in [0.1, 0.15) is 0 Å². The van der Waals surface area contributed by atoms with Gasteiger partial charge in [-0.25, -0.2) is 8.78 Å². The van der Waals surface area contributed by atoms with Crippen molar-refractivity contribution in [3.05, 3.63) is 0 Å². The fourth-order valence-corrected chi connectivity index (χ4v) is 2.37. The third-order valence-electron chi connectivity index (χ3n) is 3.30. The van der Waals surface area contributed by atoms with Crippen LogP contribution in [0.15, 0.2) is 0 Å². The lowest BCUT2D eigenvalue weighted by atomic mass is 10.1. The van der Waals surface area contributed by atoms with Crippen molar-refractivity contribution in [2.45, 2.75) is 57.2 Å². The Hall–Kier alpha value is -0.220. The number of nitrogens with one attached hydrogen (secondary N) is 1. The molecule has 1 heterocycles. The van der Waals surface area contributed by atoms with Crippen LogP contribution in [0, 0.1) is 0 Å². The Balaban J connectivity index is 1.85. The first-order chi connectivity index (χ1) is 6.98. The van der Waals surface area contributed by atoms with Crippen molar-refractivity contribution in [3.63, 3.8) is 0 Å². The highest BCUT2D eigenvalue weighted by molar-refractivity contribution is 4.93. The molecule has 2 rings (SSSR count). The van der Waals surface area contributed by atoms with Crippen LogP contribution in [0.4, 0.5) is 8.78 Å². The summed E-state index contributed by atoms with van der Waals surface area (Å²) in [5, 5.41) is 2.92. The number of hydrogen-bond acceptors (Lipinski definition) is 2. The number of nitrogens with zero attached hydrogens (tertiary/aromatic N) is 1. The van der Waals surface area contributed by atoms with Gasteiger partial charge < -0.3 is 5.32 Å². The highest BCUT2D eigenvalue weighted by atomic mass is 19.3. The van der Waals surface area contributed by atoms with Crippen LogP contribution < -0.4 is 5.32 Å². The fraction of sp³-hybridized carbons (Fsp3) is 1.00. The summed E-state index contributed by atoms with van der Waals surface area (Å²) < 4.78 is 26.0. The van der Waals surface area contributed by atoms with Crippen LogP contribution in [0.5, 0.6) is 0 Å². The van der Waals surface area contributed by atoms with E-state index < -0.39 is 5.92 Å². The Labute approximate surface area is 90.0 Å². The van der Waals surface area contributed by atoms with Crippen LogP contribution in [-0.2, 0) is 0 Å². The van der Waals surface area contributed by atoms with Crippen molar-refractivity contribution in [1.29, 1.82) is 0 Å². The molecule has 1 saturated heterocycles. The van der Waals surface area contributed by atoms with Gasteiger partial charge in [-0.3, -0.25) is 4.90 Å². The molecule has 1 N–H and O–H groups in total. The van der Waals surface area contributed by atoms with Gasteiger partial charge in [-0.05, 0) is 26.7 Å². The first-order valence-electron chi connectivity index (χ1n) is 5.85. The third-order valence-corrected chi connectivity index (χ3v) is 3.30. The average molecular weight is 218 g/mol. The summed E-state index contributed by atoms with van der Waals surface area (Å²) in [4.78, 5) is 2.36. The van der Waals surface area contributed by atoms with Gasteiger partial charge in [0, 0.05) is 31.1 Å². The third kappa shape index (κ3) is 2.88. The molecular weight excluding hydrogens is 198 g/mol. The summed E-state index contributed by atoms with van der Waals surface area (Å²) in [5.41, 5.74) is 0. The molecule has 0 aromatic carbocycles. The van der Waals surface area contributed by atoms with Crippen molar-refractivity contribution in [3.8, 4) is 0 Å². The van der Waals surface area contributed by atoms with Crippen molar-refractivity contribution in [2.75, 3.05) is 13.1 Å². The predicted molar refractivity (Wildman–Crippen MR) is 56.2 cm³/mol. The standard InChI is InChI=1S/C11H20F2N2/c1-8(2)15(10-3-4-10)6-9-5-11(12,13)7-14-9/h8-10,14H,3-7H2,1-2H3. The van der Waals surface area contributed by atoms with E-state index in [1.165, 1.54) is 12.8 Å². The zero-order valence-corrected chi connectivity index (χ0v) is 9.47. The molecule has 15 heavy (non-hydrogen) atoms. The molecule has 1 saturated carbocycles. The predicted octanol–water partition coefficient (Wildman–Crippen LogP) is 1.86. The van der Waals surface area contributed by atoms with Crippen LogP contribution >= 0.6 is 0 Å². The lowest BCUT2D eigenvalue weighted by Gasteiger charge is -2.29. The average Bonchev–Trinajstić information content (AvgIpc) is 2.88. The normalized spacial score (nSPS) is 30.4. The van der Waals surface area contributed by atoms with Crippen LogP contribution in [0.1, 0.15) is 33.1 Å². The first kappa shape index (κ1) is 11.3. The number of rotatable bonds is 4. The van der Waals surface area contributed by atoms with Gasteiger partial charge in [0.05, 0.1) is 6.54 Å². The molecule has 0 aromatic rings. The molecule has 0 spiro atoms. The number of hydrogen-bond donors (Lipinski definition) is 1. The zero-order chi connectivity index (χ0) is 11.1. The van der Waals surface area contributed by atoms with E-state index in [2.05, 4.69) is 24.1 Å². The molecule has 88 valence electrons. The molecular formula is C11H20F2N2. The highest BCUT2D eigenvalue weighted by Gasteiger charge is 2.41. The summed E-state index contributed by atoms with van der Waals surface area (Å²) in [5.74, 6) is -2.49. The van der Waals surface area contributed by atoms with E-state index in [0.29, 0.717) is 12.1 Å². The lowest BCUT2D eigenvalue weighted by molar-refractivity contribution is 0.0194. The van der Waals surface area contributed by atoms with E-state index in [4.69, 9.17) is 0 Å². The van der Waals surface area contributed by atoms with Crippen molar-refractivity contribution in [1.82, 2.24) is 10.2 Å². The minimum Gasteiger partial charge on any atom is -0.307 e. The van der Waals surface area contributed by atoms with E-state index in [0.717, 1.165) is 6.54 Å². The van der Waals surface area contributed by atoms with E-state index in [-0.39, 0.29) is 19.0 Å². The quantitative estimate of drug-likeness (QED) is 0.774. The van der Waals surface area contributed by atoms with E-state index in [1.807, 2.05) is 0 Å². The minimum atomic E-state index is -2.49.